The van der Waals surface area contributed by atoms with Crippen LogP contribution in [0.3, 0.4) is 0 Å². The summed E-state index contributed by atoms with van der Waals surface area (Å²) in [5.41, 5.74) is 0.303. The van der Waals surface area contributed by atoms with Crippen molar-refractivity contribution in [1.82, 2.24) is 30.2 Å². The van der Waals surface area contributed by atoms with Crippen molar-refractivity contribution in [1.29, 1.82) is 0 Å². The van der Waals surface area contributed by atoms with Crippen LogP contribution < -0.4 is 0 Å². The first-order chi connectivity index (χ1) is 14.4. The van der Waals surface area contributed by atoms with Crippen LogP contribution in [0.25, 0.3) is 11.3 Å². The molecule has 0 spiro atoms. The van der Waals surface area contributed by atoms with E-state index in [1.807, 2.05) is 0 Å². The molecule has 0 aliphatic rings. The van der Waals surface area contributed by atoms with Gasteiger partial charge in [0, 0.05) is 23.1 Å². The van der Waals surface area contributed by atoms with Gasteiger partial charge in [0.25, 0.3) is 0 Å². The van der Waals surface area contributed by atoms with E-state index in [2.05, 4.69) is 25.5 Å². The third-order valence-corrected chi connectivity index (χ3v) is 5.45. The Morgan fingerprint density at radius 3 is 2.57 bits per heavy atom. The standard InChI is InChI=1S/C20H17ClF2N6O/c1-12(13-2-4-14(5-3-13)18-19(21)27-28-26-18)20(30,9-29-11-24-10-25-29)16-7-6-15(22)8-17(16)23/h2-8,10-12,30H,9H2,1H3,(H,26,27,28)/t12-,20+/m0/s1. The highest BCUT2D eigenvalue weighted by Gasteiger charge is 2.40. The fraction of sp³-hybridized carbons (Fsp3) is 0.200. The SMILES string of the molecule is C[C@@H](c1ccc(-c2[nH]nnc2Cl)cc1)[C@](O)(Cn1cncn1)c1ccc(F)cc1F. The maximum absolute atomic E-state index is 14.7. The molecule has 0 fully saturated rings. The molecule has 154 valence electrons. The molecule has 0 unspecified atom stereocenters. The molecule has 2 atom stereocenters. The molecule has 0 aliphatic heterocycles. The molecular weight excluding hydrogens is 414 g/mol. The third-order valence-electron chi connectivity index (χ3n) is 5.19. The molecule has 7 nitrogen and oxygen atoms in total. The van der Waals surface area contributed by atoms with Gasteiger partial charge in [-0.2, -0.15) is 5.10 Å². The highest BCUT2D eigenvalue weighted by atomic mass is 35.5. The first-order valence-corrected chi connectivity index (χ1v) is 9.43. The number of hydrogen-bond acceptors (Lipinski definition) is 5. The van der Waals surface area contributed by atoms with Crippen molar-refractivity contribution in [3.8, 4) is 11.3 Å². The van der Waals surface area contributed by atoms with Crippen LogP contribution in [0.2, 0.25) is 5.15 Å². The normalized spacial score (nSPS) is 14.4. The van der Waals surface area contributed by atoms with Gasteiger partial charge in [-0.15, -0.1) is 5.10 Å². The van der Waals surface area contributed by atoms with Gasteiger partial charge in [-0.25, -0.2) is 18.4 Å². The summed E-state index contributed by atoms with van der Waals surface area (Å²) in [6.45, 7) is 1.69. The van der Waals surface area contributed by atoms with Gasteiger partial charge in [0.05, 0.1) is 6.54 Å². The number of nitrogens with zero attached hydrogens (tertiary/aromatic N) is 5. The van der Waals surface area contributed by atoms with E-state index >= 15 is 0 Å². The van der Waals surface area contributed by atoms with Gasteiger partial charge in [0.2, 0.25) is 0 Å². The van der Waals surface area contributed by atoms with E-state index in [9.17, 15) is 13.9 Å². The molecule has 2 heterocycles. The molecule has 0 amide bonds. The van der Waals surface area contributed by atoms with Crippen molar-refractivity contribution in [3.05, 3.63) is 83.0 Å². The van der Waals surface area contributed by atoms with Gasteiger partial charge in [-0.3, -0.25) is 5.10 Å². The van der Waals surface area contributed by atoms with Crippen molar-refractivity contribution >= 4 is 11.6 Å². The zero-order valence-electron chi connectivity index (χ0n) is 15.8. The number of halogens is 3. The van der Waals surface area contributed by atoms with E-state index in [-0.39, 0.29) is 17.3 Å². The molecule has 2 aromatic heterocycles. The zero-order valence-corrected chi connectivity index (χ0v) is 16.6. The van der Waals surface area contributed by atoms with Crippen molar-refractivity contribution in [2.24, 2.45) is 0 Å². The summed E-state index contributed by atoms with van der Waals surface area (Å²) in [6, 6.07) is 10.3. The molecule has 0 bridgehead atoms. The average molecular weight is 431 g/mol. The van der Waals surface area contributed by atoms with E-state index in [0.29, 0.717) is 5.69 Å². The minimum Gasteiger partial charge on any atom is -0.382 e. The Kier molecular flexibility index (Phi) is 5.31. The number of hydrogen-bond donors (Lipinski definition) is 2. The molecule has 2 N–H and O–H groups in total. The van der Waals surface area contributed by atoms with Crippen LogP contribution in [-0.4, -0.2) is 35.3 Å². The minimum atomic E-state index is -1.72. The summed E-state index contributed by atoms with van der Waals surface area (Å²) in [5, 5.41) is 26.0. The molecule has 0 saturated carbocycles. The second-order valence-electron chi connectivity index (χ2n) is 6.96. The van der Waals surface area contributed by atoms with Gasteiger partial charge in [0.15, 0.2) is 5.15 Å². The minimum absolute atomic E-state index is 0.0308. The maximum Gasteiger partial charge on any atom is 0.178 e. The van der Waals surface area contributed by atoms with Gasteiger partial charge in [-0.05, 0) is 11.6 Å². The van der Waals surface area contributed by atoms with E-state index in [1.165, 1.54) is 23.4 Å². The van der Waals surface area contributed by atoms with Crippen LogP contribution in [0.5, 0.6) is 0 Å². The summed E-state index contributed by atoms with van der Waals surface area (Å²) in [7, 11) is 0. The Bertz CT molecular complexity index is 1150. The summed E-state index contributed by atoms with van der Waals surface area (Å²) in [5.74, 6) is -2.14. The number of rotatable bonds is 6. The summed E-state index contributed by atoms with van der Waals surface area (Å²) < 4.78 is 29.5. The second-order valence-corrected chi connectivity index (χ2v) is 7.32. The van der Waals surface area contributed by atoms with Crippen LogP contribution in [0.15, 0.2) is 55.1 Å². The number of benzene rings is 2. The monoisotopic (exact) mass is 430 g/mol. The topological polar surface area (TPSA) is 92.5 Å². The highest BCUT2D eigenvalue weighted by Crippen LogP contribution is 2.40. The Labute approximate surface area is 175 Å². The Balaban J connectivity index is 1.74. The highest BCUT2D eigenvalue weighted by molar-refractivity contribution is 6.31. The second kappa shape index (κ2) is 7.92. The number of aromatic amines is 1. The lowest BCUT2D eigenvalue weighted by Crippen LogP contribution is -2.38. The lowest BCUT2D eigenvalue weighted by Gasteiger charge is -2.35. The van der Waals surface area contributed by atoms with Crippen molar-refractivity contribution in [3.63, 3.8) is 0 Å². The molecular formula is C20H17ClF2N6O. The average Bonchev–Trinajstić information content (AvgIpc) is 3.39. The Morgan fingerprint density at radius 2 is 1.97 bits per heavy atom. The van der Waals surface area contributed by atoms with Crippen LogP contribution in [0.4, 0.5) is 8.78 Å². The predicted molar refractivity (Wildman–Crippen MR) is 106 cm³/mol. The van der Waals surface area contributed by atoms with Crippen molar-refractivity contribution < 1.29 is 13.9 Å². The van der Waals surface area contributed by atoms with Crippen molar-refractivity contribution in [2.75, 3.05) is 0 Å². The van der Waals surface area contributed by atoms with Crippen LogP contribution in [0, 0.1) is 11.6 Å². The van der Waals surface area contributed by atoms with Crippen LogP contribution >= 0.6 is 11.6 Å². The van der Waals surface area contributed by atoms with Gasteiger partial charge in [-0.1, -0.05) is 54.1 Å². The van der Waals surface area contributed by atoms with E-state index in [1.54, 1.807) is 31.2 Å². The molecule has 4 aromatic rings. The van der Waals surface area contributed by atoms with E-state index in [0.717, 1.165) is 23.3 Å². The zero-order chi connectivity index (χ0) is 21.3. The Hall–Kier alpha value is -3.17. The van der Waals surface area contributed by atoms with Gasteiger partial charge < -0.3 is 5.11 Å². The van der Waals surface area contributed by atoms with E-state index < -0.39 is 23.2 Å². The molecule has 10 heteroatoms. The Morgan fingerprint density at radius 1 is 1.20 bits per heavy atom. The van der Waals surface area contributed by atoms with E-state index in [4.69, 9.17) is 11.6 Å². The largest absolute Gasteiger partial charge is 0.382 e. The molecule has 0 saturated heterocycles. The summed E-state index contributed by atoms with van der Waals surface area (Å²) in [6.07, 6.45) is 2.75. The molecule has 0 aliphatic carbocycles. The number of aliphatic hydroxyl groups is 1. The lowest BCUT2D eigenvalue weighted by molar-refractivity contribution is -0.0112. The predicted octanol–water partition coefficient (Wildman–Crippen LogP) is 3.69. The molecule has 4 rings (SSSR count). The lowest BCUT2D eigenvalue weighted by atomic mass is 9.78. The van der Waals surface area contributed by atoms with Gasteiger partial charge in [0.1, 0.15) is 35.6 Å². The fourth-order valence-electron chi connectivity index (χ4n) is 3.47. The fourth-order valence-corrected chi connectivity index (χ4v) is 3.66. The van der Waals surface area contributed by atoms with Crippen LogP contribution in [0.1, 0.15) is 24.0 Å². The summed E-state index contributed by atoms with van der Waals surface area (Å²) >= 11 is 6.01. The first-order valence-electron chi connectivity index (χ1n) is 9.05. The number of H-pyrrole nitrogens is 1. The first kappa shape index (κ1) is 20.1. The van der Waals surface area contributed by atoms with Crippen molar-refractivity contribution in [2.45, 2.75) is 25.0 Å². The molecule has 30 heavy (non-hydrogen) atoms. The maximum atomic E-state index is 14.7. The number of aromatic nitrogens is 6. The van der Waals surface area contributed by atoms with Crippen LogP contribution in [-0.2, 0) is 12.1 Å². The number of nitrogens with one attached hydrogen (secondary N) is 1. The summed E-state index contributed by atoms with van der Waals surface area (Å²) in [4.78, 5) is 3.88. The molecule has 2 aromatic carbocycles. The van der Waals surface area contributed by atoms with Gasteiger partial charge >= 0.3 is 0 Å². The quantitative estimate of drug-likeness (QED) is 0.486. The molecule has 0 radical (unpaired) electrons. The smallest absolute Gasteiger partial charge is 0.178 e. The third kappa shape index (κ3) is 3.69.